The summed E-state index contributed by atoms with van der Waals surface area (Å²) in [6.07, 6.45) is 3.55. The molecule has 1 atom stereocenters. The molecule has 2 N–H and O–H groups in total. The molecule has 0 fully saturated rings. The van der Waals surface area contributed by atoms with Crippen LogP contribution in [0.2, 0.25) is 0 Å². The van der Waals surface area contributed by atoms with E-state index in [1.807, 2.05) is 6.92 Å². The molecule has 0 amide bonds. The van der Waals surface area contributed by atoms with Gasteiger partial charge in [-0.05, 0) is 31.2 Å². The summed E-state index contributed by atoms with van der Waals surface area (Å²) < 4.78 is 0. The SMILES string of the molecule is CCC(Sc1nc2sc3c(c2c(=O)[nH]1)CCC3)C(=O)O. The van der Waals surface area contributed by atoms with Gasteiger partial charge in [0.1, 0.15) is 10.1 Å². The zero-order chi connectivity index (χ0) is 14.3. The molecule has 2 heterocycles. The van der Waals surface area contributed by atoms with Crippen molar-refractivity contribution in [2.24, 2.45) is 0 Å². The molecule has 1 aliphatic rings. The van der Waals surface area contributed by atoms with Gasteiger partial charge in [-0.15, -0.1) is 11.3 Å². The molecule has 2 aromatic heterocycles. The molecule has 0 saturated heterocycles. The van der Waals surface area contributed by atoms with Crippen LogP contribution in [0.25, 0.3) is 10.2 Å². The van der Waals surface area contributed by atoms with Crippen molar-refractivity contribution in [1.29, 1.82) is 0 Å². The molecule has 106 valence electrons. The Morgan fingerprint density at radius 2 is 2.35 bits per heavy atom. The molecule has 2 aromatic rings. The molecule has 1 aliphatic carbocycles. The van der Waals surface area contributed by atoms with Crippen molar-refractivity contribution in [2.45, 2.75) is 43.0 Å². The lowest BCUT2D eigenvalue weighted by atomic mass is 10.2. The quantitative estimate of drug-likeness (QED) is 0.669. The van der Waals surface area contributed by atoms with Crippen LogP contribution in [0.15, 0.2) is 9.95 Å². The topological polar surface area (TPSA) is 83.0 Å². The molecule has 0 aliphatic heterocycles. The first-order valence-electron chi connectivity index (χ1n) is 6.54. The van der Waals surface area contributed by atoms with E-state index in [0.29, 0.717) is 17.0 Å². The Kier molecular flexibility index (Phi) is 3.55. The van der Waals surface area contributed by atoms with Crippen LogP contribution in [0.1, 0.15) is 30.2 Å². The first kappa shape index (κ1) is 13.6. The van der Waals surface area contributed by atoms with E-state index in [0.717, 1.165) is 41.4 Å². The molecular weight excluding hydrogens is 296 g/mol. The van der Waals surface area contributed by atoms with Crippen LogP contribution in [0.3, 0.4) is 0 Å². The van der Waals surface area contributed by atoms with E-state index in [2.05, 4.69) is 9.97 Å². The van der Waals surface area contributed by atoms with Gasteiger partial charge in [0, 0.05) is 4.88 Å². The number of fused-ring (bicyclic) bond motifs is 3. The predicted molar refractivity (Wildman–Crippen MR) is 79.8 cm³/mol. The average molecular weight is 310 g/mol. The molecule has 5 nitrogen and oxygen atoms in total. The highest BCUT2D eigenvalue weighted by atomic mass is 32.2. The Morgan fingerprint density at radius 1 is 1.55 bits per heavy atom. The third-order valence-electron chi connectivity index (χ3n) is 3.45. The number of thioether (sulfide) groups is 1. The second-order valence-electron chi connectivity index (χ2n) is 4.76. The maximum absolute atomic E-state index is 12.2. The molecule has 0 aromatic carbocycles. The fraction of sp³-hybridized carbons (Fsp3) is 0.462. The predicted octanol–water partition coefficient (Wildman–Crippen LogP) is 2.43. The number of nitrogens with zero attached hydrogens (tertiary/aromatic N) is 1. The summed E-state index contributed by atoms with van der Waals surface area (Å²) in [7, 11) is 0. The maximum Gasteiger partial charge on any atom is 0.317 e. The van der Waals surface area contributed by atoms with Gasteiger partial charge < -0.3 is 10.1 Å². The Morgan fingerprint density at radius 3 is 3.05 bits per heavy atom. The number of aryl methyl sites for hydroxylation is 2. The van der Waals surface area contributed by atoms with E-state index in [1.54, 1.807) is 11.3 Å². The summed E-state index contributed by atoms with van der Waals surface area (Å²) in [6, 6.07) is 0. The number of carboxylic acids is 1. The van der Waals surface area contributed by atoms with Gasteiger partial charge in [0.2, 0.25) is 0 Å². The van der Waals surface area contributed by atoms with Crippen LogP contribution in [-0.2, 0) is 17.6 Å². The highest BCUT2D eigenvalue weighted by Gasteiger charge is 2.23. The first-order valence-corrected chi connectivity index (χ1v) is 8.23. The monoisotopic (exact) mass is 310 g/mol. The van der Waals surface area contributed by atoms with Crippen LogP contribution < -0.4 is 5.56 Å². The van der Waals surface area contributed by atoms with E-state index in [-0.39, 0.29) is 5.56 Å². The zero-order valence-electron chi connectivity index (χ0n) is 10.9. The second kappa shape index (κ2) is 5.21. The molecule has 0 spiro atoms. The number of carboxylic acid groups (broad SMARTS) is 1. The Labute approximate surface area is 123 Å². The lowest BCUT2D eigenvalue weighted by Crippen LogP contribution is -2.17. The van der Waals surface area contributed by atoms with Gasteiger partial charge in [0.05, 0.1) is 5.39 Å². The number of thiophene rings is 1. The van der Waals surface area contributed by atoms with Crippen molar-refractivity contribution in [3.8, 4) is 0 Å². The third-order valence-corrected chi connectivity index (χ3v) is 5.88. The van der Waals surface area contributed by atoms with E-state index < -0.39 is 11.2 Å². The summed E-state index contributed by atoms with van der Waals surface area (Å²) >= 11 is 2.67. The van der Waals surface area contributed by atoms with Crippen molar-refractivity contribution >= 4 is 39.3 Å². The zero-order valence-corrected chi connectivity index (χ0v) is 12.6. The number of aromatic amines is 1. The van der Waals surface area contributed by atoms with E-state index in [9.17, 15) is 9.59 Å². The largest absolute Gasteiger partial charge is 0.480 e. The number of aromatic nitrogens is 2. The number of hydrogen-bond acceptors (Lipinski definition) is 5. The van der Waals surface area contributed by atoms with Gasteiger partial charge in [-0.25, -0.2) is 4.98 Å². The van der Waals surface area contributed by atoms with Crippen molar-refractivity contribution in [1.82, 2.24) is 9.97 Å². The van der Waals surface area contributed by atoms with Crippen LogP contribution in [0, 0.1) is 0 Å². The maximum atomic E-state index is 12.2. The lowest BCUT2D eigenvalue weighted by Gasteiger charge is -2.07. The van der Waals surface area contributed by atoms with Gasteiger partial charge in [-0.2, -0.15) is 0 Å². The van der Waals surface area contributed by atoms with Gasteiger partial charge in [-0.3, -0.25) is 9.59 Å². The summed E-state index contributed by atoms with van der Waals surface area (Å²) in [5.41, 5.74) is 0.998. The van der Waals surface area contributed by atoms with Gasteiger partial charge in [0.25, 0.3) is 5.56 Å². The Balaban J connectivity index is 2.03. The minimum absolute atomic E-state index is 0.142. The third kappa shape index (κ3) is 2.25. The molecule has 1 unspecified atom stereocenters. The first-order chi connectivity index (χ1) is 9.60. The second-order valence-corrected chi connectivity index (χ2v) is 7.04. The molecule has 7 heteroatoms. The van der Waals surface area contributed by atoms with Gasteiger partial charge in [-0.1, -0.05) is 18.7 Å². The smallest absolute Gasteiger partial charge is 0.317 e. The molecular formula is C13H14N2O3S2. The fourth-order valence-electron chi connectivity index (χ4n) is 2.48. The summed E-state index contributed by atoms with van der Waals surface area (Å²) in [6.45, 7) is 1.81. The number of H-pyrrole nitrogens is 1. The van der Waals surface area contributed by atoms with Crippen molar-refractivity contribution < 1.29 is 9.90 Å². The molecule has 0 radical (unpaired) electrons. The van der Waals surface area contributed by atoms with Crippen LogP contribution in [0.4, 0.5) is 0 Å². The number of carbonyl (C=O) groups is 1. The van der Waals surface area contributed by atoms with Gasteiger partial charge in [0.15, 0.2) is 5.16 Å². The average Bonchev–Trinajstić information content (AvgIpc) is 2.95. The minimum Gasteiger partial charge on any atom is -0.480 e. The Hall–Kier alpha value is -1.34. The van der Waals surface area contributed by atoms with E-state index >= 15 is 0 Å². The van der Waals surface area contributed by atoms with Crippen molar-refractivity contribution in [3.63, 3.8) is 0 Å². The van der Waals surface area contributed by atoms with Crippen LogP contribution >= 0.6 is 23.1 Å². The summed E-state index contributed by atoms with van der Waals surface area (Å²) in [4.78, 5) is 32.4. The van der Waals surface area contributed by atoms with E-state index in [1.165, 1.54) is 4.88 Å². The molecule has 20 heavy (non-hydrogen) atoms. The summed E-state index contributed by atoms with van der Waals surface area (Å²) in [5.74, 6) is -0.881. The molecule has 0 bridgehead atoms. The van der Waals surface area contributed by atoms with E-state index in [4.69, 9.17) is 5.11 Å². The standard InChI is InChI=1S/C13H14N2O3S2/c1-2-7(12(17)18)20-13-14-10(16)9-6-4-3-5-8(6)19-11(9)15-13/h7H,2-5H2,1H3,(H,17,18)(H,14,15,16). The highest BCUT2D eigenvalue weighted by Crippen LogP contribution is 2.35. The number of rotatable bonds is 4. The van der Waals surface area contributed by atoms with Crippen LogP contribution in [-0.4, -0.2) is 26.3 Å². The van der Waals surface area contributed by atoms with Gasteiger partial charge >= 0.3 is 5.97 Å². The molecule has 3 rings (SSSR count). The number of nitrogens with one attached hydrogen (secondary N) is 1. The highest BCUT2D eigenvalue weighted by molar-refractivity contribution is 8.00. The Bertz CT molecular complexity index is 735. The van der Waals surface area contributed by atoms with Crippen molar-refractivity contribution in [2.75, 3.05) is 0 Å². The fourth-order valence-corrected chi connectivity index (χ4v) is 4.63. The normalized spacial score (nSPS) is 15.4. The van der Waals surface area contributed by atoms with Crippen molar-refractivity contribution in [3.05, 3.63) is 20.8 Å². The van der Waals surface area contributed by atoms with Crippen LogP contribution in [0.5, 0.6) is 0 Å². The number of aliphatic carboxylic acids is 1. The summed E-state index contributed by atoms with van der Waals surface area (Å²) in [5, 5.41) is 9.60. The molecule has 0 saturated carbocycles. The minimum atomic E-state index is -0.881. The lowest BCUT2D eigenvalue weighted by molar-refractivity contribution is -0.136. The number of hydrogen-bond donors (Lipinski definition) is 2.